The Morgan fingerprint density at radius 1 is 1.05 bits per heavy atom. The Hall–Kier alpha value is -1.88. The SMILES string of the molecule is FC(F)(F)C1(c2ccccn2)CCN(Cc2ccccc2)C1. The van der Waals surface area contributed by atoms with Crippen LogP contribution in [0.4, 0.5) is 13.2 Å². The Labute approximate surface area is 127 Å². The van der Waals surface area contributed by atoms with Crippen molar-refractivity contribution in [2.24, 2.45) is 0 Å². The summed E-state index contributed by atoms with van der Waals surface area (Å²) < 4.78 is 41.2. The molecule has 1 saturated heterocycles. The molecule has 1 atom stereocenters. The zero-order chi connectivity index (χ0) is 15.6. The maximum atomic E-state index is 13.7. The molecule has 22 heavy (non-hydrogen) atoms. The Morgan fingerprint density at radius 2 is 1.77 bits per heavy atom. The molecule has 1 aliphatic heterocycles. The lowest BCUT2D eigenvalue weighted by atomic mass is 9.82. The van der Waals surface area contributed by atoms with Crippen molar-refractivity contribution in [2.75, 3.05) is 13.1 Å². The fraction of sp³-hybridized carbons (Fsp3) is 0.353. The lowest BCUT2D eigenvalue weighted by molar-refractivity contribution is -0.188. The number of halogens is 3. The van der Waals surface area contributed by atoms with Gasteiger partial charge in [0, 0.05) is 19.3 Å². The van der Waals surface area contributed by atoms with Gasteiger partial charge in [-0.2, -0.15) is 13.2 Å². The highest BCUT2D eigenvalue weighted by molar-refractivity contribution is 5.24. The molecule has 1 aromatic carbocycles. The lowest BCUT2D eigenvalue weighted by Crippen LogP contribution is -2.45. The topological polar surface area (TPSA) is 16.1 Å². The Balaban J connectivity index is 1.85. The summed E-state index contributed by atoms with van der Waals surface area (Å²) >= 11 is 0. The zero-order valence-electron chi connectivity index (χ0n) is 12.1. The van der Waals surface area contributed by atoms with Gasteiger partial charge in [0.05, 0.1) is 5.69 Å². The summed E-state index contributed by atoms with van der Waals surface area (Å²) in [7, 11) is 0. The van der Waals surface area contributed by atoms with Crippen LogP contribution >= 0.6 is 0 Å². The molecular weight excluding hydrogens is 289 g/mol. The third-order valence-electron chi connectivity index (χ3n) is 4.30. The van der Waals surface area contributed by atoms with Crippen LogP contribution in [0.5, 0.6) is 0 Å². The molecule has 1 fully saturated rings. The molecular formula is C17H17F3N2. The van der Waals surface area contributed by atoms with Crippen LogP contribution in [0.1, 0.15) is 17.7 Å². The predicted octanol–water partition coefficient (Wildman–Crippen LogP) is 3.79. The highest BCUT2D eigenvalue weighted by atomic mass is 19.4. The fourth-order valence-corrected chi connectivity index (χ4v) is 3.10. The molecule has 1 aliphatic rings. The molecule has 2 heterocycles. The first-order valence-corrected chi connectivity index (χ1v) is 7.26. The van der Waals surface area contributed by atoms with Crippen molar-refractivity contribution >= 4 is 0 Å². The first-order valence-electron chi connectivity index (χ1n) is 7.26. The fourth-order valence-electron chi connectivity index (χ4n) is 3.10. The van der Waals surface area contributed by atoms with Crippen LogP contribution in [0.15, 0.2) is 54.7 Å². The van der Waals surface area contributed by atoms with Crippen molar-refractivity contribution in [3.05, 3.63) is 66.0 Å². The summed E-state index contributed by atoms with van der Waals surface area (Å²) in [5, 5.41) is 0. The molecule has 3 rings (SSSR count). The van der Waals surface area contributed by atoms with Gasteiger partial charge in [-0.3, -0.25) is 9.88 Å². The molecule has 0 amide bonds. The van der Waals surface area contributed by atoms with Gasteiger partial charge in [0.15, 0.2) is 0 Å². The van der Waals surface area contributed by atoms with Crippen LogP contribution in [-0.2, 0) is 12.0 Å². The molecule has 0 saturated carbocycles. The van der Waals surface area contributed by atoms with Crippen molar-refractivity contribution in [2.45, 2.75) is 24.6 Å². The first-order chi connectivity index (χ1) is 10.5. The van der Waals surface area contributed by atoms with Gasteiger partial charge in [-0.25, -0.2) is 0 Å². The van der Waals surface area contributed by atoms with Crippen LogP contribution in [-0.4, -0.2) is 29.1 Å². The minimum atomic E-state index is -4.30. The summed E-state index contributed by atoms with van der Waals surface area (Å²) in [6, 6.07) is 14.3. The predicted molar refractivity (Wildman–Crippen MR) is 78.3 cm³/mol. The van der Waals surface area contributed by atoms with E-state index in [0.717, 1.165) is 5.56 Å². The third-order valence-corrected chi connectivity index (χ3v) is 4.30. The normalized spacial score (nSPS) is 22.9. The second-order valence-electron chi connectivity index (χ2n) is 5.74. The van der Waals surface area contributed by atoms with Crippen molar-refractivity contribution in [3.63, 3.8) is 0 Å². The van der Waals surface area contributed by atoms with E-state index < -0.39 is 11.6 Å². The van der Waals surface area contributed by atoms with Gasteiger partial charge in [-0.05, 0) is 30.7 Å². The number of hydrogen-bond donors (Lipinski definition) is 0. The maximum Gasteiger partial charge on any atom is 0.401 e. The van der Waals surface area contributed by atoms with Crippen molar-refractivity contribution in [1.82, 2.24) is 9.88 Å². The average molecular weight is 306 g/mol. The summed E-state index contributed by atoms with van der Waals surface area (Å²) in [6.07, 6.45) is -2.81. The maximum absolute atomic E-state index is 13.7. The van der Waals surface area contributed by atoms with E-state index in [-0.39, 0.29) is 18.7 Å². The standard InChI is InChI=1S/C17H17F3N2/c18-17(19,20)16(15-8-4-5-10-21-15)9-11-22(13-16)12-14-6-2-1-3-7-14/h1-8,10H,9,11-13H2. The minimum absolute atomic E-state index is 0.0393. The number of likely N-dealkylation sites (tertiary alicyclic amines) is 1. The number of rotatable bonds is 3. The van der Waals surface area contributed by atoms with E-state index >= 15 is 0 Å². The minimum Gasteiger partial charge on any atom is -0.298 e. The number of pyridine rings is 1. The number of hydrogen-bond acceptors (Lipinski definition) is 2. The lowest BCUT2D eigenvalue weighted by Gasteiger charge is -2.31. The van der Waals surface area contributed by atoms with Crippen molar-refractivity contribution in [1.29, 1.82) is 0 Å². The second kappa shape index (κ2) is 5.72. The van der Waals surface area contributed by atoms with E-state index in [0.29, 0.717) is 13.1 Å². The molecule has 1 aromatic heterocycles. The van der Waals surface area contributed by atoms with Gasteiger partial charge in [-0.1, -0.05) is 36.4 Å². The largest absolute Gasteiger partial charge is 0.401 e. The molecule has 5 heteroatoms. The highest BCUT2D eigenvalue weighted by Crippen LogP contribution is 2.47. The summed E-state index contributed by atoms with van der Waals surface area (Å²) in [5.41, 5.74) is -0.706. The van der Waals surface area contributed by atoms with E-state index in [4.69, 9.17) is 0 Å². The summed E-state index contributed by atoms with van der Waals surface area (Å²) in [5.74, 6) is 0. The molecule has 0 bridgehead atoms. The third kappa shape index (κ3) is 2.73. The molecule has 116 valence electrons. The van der Waals surface area contributed by atoms with E-state index in [2.05, 4.69) is 4.98 Å². The Morgan fingerprint density at radius 3 is 2.41 bits per heavy atom. The molecule has 2 aromatic rings. The molecule has 0 aliphatic carbocycles. The molecule has 1 unspecified atom stereocenters. The number of benzene rings is 1. The Kier molecular flexibility index (Phi) is 3.91. The Bertz CT molecular complexity index is 613. The van der Waals surface area contributed by atoms with Crippen LogP contribution < -0.4 is 0 Å². The quantitative estimate of drug-likeness (QED) is 0.858. The molecule has 0 radical (unpaired) electrons. The van der Waals surface area contributed by atoms with E-state index in [1.807, 2.05) is 35.2 Å². The van der Waals surface area contributed by atoms with Crippen molar-refractivity contribution in [3.8, 4) is 0 Å². The van der Waals surface area contributed by atoms with Crippen LogP contribution in [0.2, 0.25) is 0 Å². The average Bonchev–Trinajstić information content (AvgIpc) is 2.94. The smallest absolute Gasteiger partial charge is 0.298 e. The zero-order valence-corrected chi connectivity index (χ0v) is 12.1. The van der Waals surface area contributed by atoms with Gasteiger partial charge in [-0.15, -0.1) is 0 Å². The highest BCUT2D eigenvalue weighted by Gasteiger charge is 2.59. The second-order valence-corrected chi connectivity index (χ2v) is 5.74. The first kappa shape index (κ1) is 15.0. The summed E-state index contributed by atoms with van der Waals surface area (Å²) in [4.78, 5) is 5.85. The van der Waals surface area contributed by atoms with E-state index in [1.165, 1.54) is 12.3 Å². The van der Waals surface area contributed by atoms with Crippen LogP contribution in [0.25, 0.3) is 0 Å². The molecule has 0 spiro atoms. The number of alkyl halides is 3. The monoisotopic (exact) mass is 306 g/mol. The van der Waals surface area contributed by atoms with Gasteiger partial charge in [0.25, 0.3) is 0 Å². The van der Waals surface area contributed by atoms with Crippen molar-refractivity contribution < 1.29 is 13.2 Å². The van der Waals surface area contributed by atoms with E-state index in [9.17, 15) is 13.2 Å². The van der Waals surface area contributed by atoms with Gasteiger partial charge in [0.1, 0.15) is 5.41 Å². The van der Waals surface area contributed by atoms with Gasteiger partial charge < -0.3 is 0 Å². The van der Waals surface area contributed by atoms with Crippen LogP contribution in [0, 0.1) is 0 Å². The van der Waals surface area contributed by atoms with Crippen LogP contribution in [0.3, 0.4) is 0 Å². The summed E-state index contributed by atoms with van der Waals surface area (Å²) in [6.45, 7) is 0.916. The van der Waals surface area contributed by atoms with E-state index in [1.54, 1.807) is 12.1 Å². The van der Waals surface area contributed by atoms with Gasteiger partial charge in [0.2, 0.25) is 0 Å². The number of nitrogens with zero attached hydrogens (tertiary/aromatic N) is 2. The molecule has 0 N–H and O–H groups in total. The molecule has 2 nitrogen and oxygen atoms in total. The number of aromatic nitrogens is 1. The van der Waals surface area contributed by atoms with Gasteiger partial charge >= 0.3 is 6.18 Å².